The third-order valence-electron chi connectivity index (χ3n) is 4.70. The van der Waals surface area contributed by atoms with Gasteiger partial charge in [0.1, 0.15) is 0 Å². The van der Waals surface area contributed by atoms with Gasteiger partial charge in [0.2, 0.25) is 0 Å². The monoisotopic (exact) mass is 279 g/mol. The molecule has 1 saturated carbocycles. The summed E-state index contributed by atoms with van der Waals surface area (Å²) < 4.78 is 0. The molecule has 0 bridgehead atoms. The summed E-state index contributed by atoms with van der Waals surface area (Å²) in [5, 5.41) is 4.21. The van der Waals surface area contributed by atoms with Gasteiger partial charge in [-0.2, -0.15) is 0 Å². The minimum atomic E-state index is 0.826. The van der Waals surface area contributed by atoms with E-state index in [9.17, 15) is 0 Å². The van der Waals surface area contributed by atoms with Gasteiger partial charge in [0.25, 0.3) is 0 Å². The number of hydrogen-bond acceptors (Lipinski definition) is 1. The maximum absolute atomic E-state index is 5.97. The van der Waals surface area contributed by atoms with Crippen LogP contribution in [-0.4, -0.2) is 13.6 Å². The molecule has 1 aliphatic rings. The van der Waals surface area contributed by atoms with Crippen LogP contribution in [0.1, 0.15) is 38.2 Å². The Morgan fingerprint density at radius 2 is 1.89 bits per heavy atom. The van der Waals surface area contributed by atoms with Crippen molar-refractivity contribution in [3.8, 4) is 0 Å². The van der Waals surface area contributed by atoms with Crippen molar-refractivity contribution in [1.29, 1.82) is 0 Å². The van der Waals surface area contributed by atoms with Gasteiger partial charge in [0.15, 0.2) is 0 Å². The molecule has 3 atom stereocenters. The van der Waals surface area contributed by atoms with Crippen LogP contribution in [0.2, 0.25) is 5.02 Å². The van der Waals surface area contributed by atoms with Crippen molar-refractivity contribution >= 4 is 11.6 Å². The third kappa shape index (κ3) is 4.22. The fourth-order valence-electron chi connectivity index (χ4n) is 3.50. The molecule has 1 fully saturated rings. The van der Waals surface area contributed by atoms with Crippen LogP contribution in [0.25, 0.3) is 0 Å². The zero-order valence-electron chi connectivity index (χ0n) is 12.2. The molecule has 1 aromatic rings. The first-order valence-corrected chi connectivity index (χ1v) is 7.99. The third-order valence-corrected chi connectivity index (χ3v) is 4.96. The van der Waals surface area contributed by atoms with Crippen LogP contribution in [0.15, 0.2) is 24.3 Å². The summed E-state index contributed by atoms with van der Waals surface area (Å²) >= 11 is 5.97. The summed E-state index contributed by atoms with van der Waals surface area (Å²) in [6.45, 7) is 3.50. The van der Waals surface area contributed by atoms with Crippen molar-refractivity contribution in [3.63, 3.8) is 0 Å². The molecule has 0 amide bonds. The van der Waals surface area contributed by atoms with Crippen molar-refractivity contribution < 1.29 is 0 Å². The Hall–Kier alpha value is -0.530. The normalized spacial score (nSPS) is 27.4. The molecule has 0 saturated heterocycles. The van der Waals surface area contributed by atoms with Crippen molar-refractivity contribution in [2.45, 2.75) is 39.0 Å². The van der Waals surface area contributed by atoms with Gasteiger partial charge in [0.05, 0.1) is 0 Å². The lowest BCUT2D eigenvalue weighted by Crippen LogP contribution is -2.32. The molecule has 0 spiro atoms. The van der Waals surface area contributed by atoms with E-state index in [0.717, 1.165) is 29.3 Å². The van der Waals surface area contributed by atoms with Gasteiger partial charge in [-0.15, -0.1) is 0 Å². The molecule has 0 aromatic heterocycles. The molecule has 19 heavy (non-hydrogen) atoms. The quantitative estimate of drug-likeness (QED) is 0.834. The molecular weight excluding hydrogens is 254 g/mol. The maximum Gasteiger partial charge on any atom is 0.0406 e. The number of halogens is 1. The minimum Gasteiger partial charge on any atom is -0.319 e. The standard InChI is InChI=1S/C17H26ClN/c1-3-13-4-7-15(12-19-2)16(10-13)11-14-5-8-17(18)9-6-14/h5-6,8-9,13,15-16,19H,3-4,7,10-12H2,1-2H3. The zero-order valence-corrected chi connectivity index (χ0v) is 12.9. The van der Waals surface area contributed by atoms with E-state index < -0.39 is 0 Å². The Morgan fingerprint density at radius 1 is 1.16 bits per heavy atom. The van der Waals surface area contributed by atoms with Gasteiger partial charge in [-0.25, -0.2) is 0 Å². The molecule has 1 aromatic carbocycles. The first-order valence-electron chi connectivity index (χ1n) is 7.62. The fraction of sp³-hybridized carbons (Fsp3) is 0.647. The molecule has 2 rings (SSSR count). The smallest absolute Gasteiger partial charge is 0.0406 e. The second-order valence-corrected chi connectivity index (χ2v) is 6.43. The molecule has 2 heteroatoms. The second kappa shape index (κ2) is 7.31. The Kier molecular flexibility index (Phi) is 5.72. The second-order valence-electron chi connectivity index (χ2n) is 6.00. The van der Waals surface area contributed by atoms with Crippen LogP contribution in [0, 0.1) is 17.8 Å². The van der Waals surface area contributed by atoms with Gasteiger partial charge in [-0.1, -0.05) is 43.5 Å². The number of hydrogen-bond donors (Lipinski definition) is 1. The zero-order chi connectivity index (χ0) is 13.7. The molecule has 0 aliphatic heterocycles. The Labute approximate surface area is 122 Å². The summed E-state index contributed by atoms with van der Waals surface area (Å²) in [7, 11) is 2.07. The highest BCUT2D eigenvalue weighted by atomic mass is 35.5. The lowest BCUT2D eigenvalue weighted by Gasteiger charge is -2.36. The van der Waals surface area contributed by atoms with Crippen molar-refractivity contribution in [1.82, 2.24) is 5.32 Å². The summed E-state index contributed by atoms with van der Waals surface area (Å²) in [6, 6.07) is 8.41. The summed E-state index contributed by atoms with van der Waals surface area (Å²) in [5.74, 6) is 2.60. The van der Waals surface area contributed by atoms with E-state index in [2.05, 4.69) is 31.4 Å². The van der Waals surface area contributed by atoms with Crippen LogP contribution >= 0.6 is 11.6 Å². The van der Waals surface area contributed by atoms with Gasteiger partial charge < -0.3 is 5.32 Å². The lowest BCUT2D eigenvalue weighted by molar-refractivity contribution is 0.173. The van der Waals surface area contributed by atoms with Crippen molar-refractivity contribution in [3.05, 3.63) is 34.9 Å². The van der Waals surface area contributed by atoms with Gasteiger partial charge in [-0.05, 0) is 68.3 Å². The van der Waals surface area contributed by atoms with Crippen LogP contribution in [0.3, 0.4) is 0 Å². The SMILES string of the molecule is CCC1CCC(CNC)C(Cc2ccc(Cl)cc2)C1. The summed E-state index contributed by atoms with van der Waals surface area (Å²) in [6.07, 6.45) is 6.74. The van der Waals surface area contributed by atoms with E-state index in [-0.39, 0.29) is 0 Å². The topological polar surface area (TPSA) is 12.0 Å². The largest absolute Gasteiger partial charge is 0.319 e. The minimum absolute atomic E-state index is 0.826. The number of nitrogens with one attached hydrogen (secondary N) is 1. The van der Waals surface area contributed by atoms with Crippen LogP contribution in [0.4, 0.5) is 0 Å². The average molecular weight is 280 g/mol. The van der Waals surface area contributed by atoms with E-state index >= 15 is 0 Å². The van der Waals surface area contributed by atoms with Crippen LogP contribution in [-0.2, 0) is 6.42 Å². The Morgan fingerprint density at radius 3 is 2.53 bits per heavy atom. The molecule has 3 unspecified atom stereocenters. The summed E-state index contributed by atoms with van der Waals surface area (Å²) in [5.41, 5.74) is 1.44. The van der Waals surface area contributed by atoms with Crippen molar-refractivity contribution in [2.24, 2.45) is 17.8 Å². The predicted octanol–water partition coefficient (Wildman–Crippen LogP) is 4.54. The molecule has 1 N–H and O–H groups in total. The van der Waals surface area contributed by atoms with Gasteiger partial charge in [-0.3, -0.25) is 0 Å². The molecule has 1 aliphatic carbocycles. The predicted molar refractivity (Wildman–Crippen MR) is 83.7 cm³/mol. The number of benzene rings is 1. The lowest BCUT2D eigenvalue weighted by atomic mass is 9.71. The highest BCUT2D eigenvalue weighted by Crippen LogP contribution is 2.37. The van der Waals surface area contributed by atoms with E-state index in [4.69, 9.17) is 11.6 Å². The van der Waals surface area contributed by atoms with E-state index in [1.165, 1.54) is 37.7 Å². The maximum atomic E-state index is 5.97. The van der Waals surface area contributed by atoms with E-state index in [1.807, 2.05) is 12.1 Å². The first kappa shape index (κ1) is 14.9. The highest BCUT2D eigenvalue weighted by molar-refractivity contribution is 6.30. The molecule has 0 radical (unpaired) electrons. The van der Waals surface area contributed by atoms with Crippen molar-refractivity contribution in [2.75, 3.05) is 13.6 Å². The summed E-state index contributed by atoms with van der Waals surface area (Å²) in [4.78, 5) is 0. The first-order chi connectivity index (χ1) is 9.22. The van der Waals surface area contributed by atoms with Crippen LogP contribution in [0.5, 0.6) is 0 Å². The molecular formula is C17H26ClN. The van der Waals surface area contributed by atoms with E-state index in [0.29, 0.717) is 0 Å². The molecule has 0 heterocycles. The Bertz CT molecular complexity index is 373. The van der Waals surface area contributed by atoms with Gasteiger partial charge >= 0.3 is 0 Å². The highest BCUT2D eigenvalue weighted by Gasteiger charge is 2.29. The van der Waals surface area contributed by atoms with E-state index in [1.54, 1.807) is 0 Å². The Balaban J connectivity index is 2.02. The fourth-order valence-corrected chi connectivity index (χ4v) is 3.62. The molecule has 106 valence electrons. The molecule has 1 nitrogen and oxygen atoms in total. The van der Waals surface area contributed by atoms with Gasteiger partial charge in [0, 0.05) is 5.02 Å². The van der Waals surface area contributed by atoms with Crippen LogP contribution < -0.4 is 5.32 Å². The average Bonchev–Trinajstić information content (AvgIpc) is 2.43. The number of rotatable bonds is 5.